The highest BCUT2D eigenvalue weighted by Gasteiger charge is 2.19. The number of hydrogen-bond acceptors (Lipinski definition) is 4. The molecular weight excluding hydrogens is 379 g/mol. The van der Waals surface area contributed by atoms with Crippen molar-refractivity contribution in [2.45, 2.75) is 13.0 Å². The number of carbonyl (C=O) groups is 1. The van der Waals surface area contributed by atoms with E-state index in [-0.39, 0.29) is 17.8 Å². The number of amides is 1. The minimum absolute atomic E-state index is 0.307. The molecule has 4 aromatic rings. The molecular formula is C24H19FN4O. The van der Waals surface area contributed by atoms with Crippen LogP contribution in [0.25, 0.3) is 22.6 Å². The number of rotatable bonds is 5. The van der Waals surface area contributed by atoms with E-state index in [2.05, 4.69) is 20.3 Å². The molecule has 0 aliphatic heterocycles. The largest absolute Gasteiger partial charge is 0.345 e. The van der Waals surface area contributed by atoms with E-state index in [4.69, 9.17) is 0 Å². The number of halogens is 1. The van der Waals surface area contributed by atoms with Crippen molar-refractivity contribution in [2.75, 3.05) is 0 Å². The maximum atomic E-state index is 13.2. The Kier molecular flexibility index (Phi) is 5.57. The van der Waals surface area contributed by atoms with E-state index in [1.807, 2.05) is 37.3 Å². The monoisotopic (exact) mass is 398 g/mol. The lowest BCUT2D eigenvalue weighted by Crippen LogP contribution is -2.27. The Morgan fingerprint density at radius 1 is 0.933 bits per heavy atom. The molecule has 1 atom stereocenters. The topological polar surface area (TPSA) is 67.8 Å². The summed E-state index contributed by atoms with van der Waals surface area (Å²) in [5.74, 6) is -0.0917. The Morgan fingerprint density at radius 3 is 2.33 bits per heavy atom. The number of hydrogen-bond donors (Lipinski definition) is 1. The Labute approximate surface area is 173 Å². The van der Waals surface area contributed by atoms with Crippen LogP contribution in [-0.4, -0.2) is 20.9 Å². The van der Waals surface area contributed by atoms with E-state index in [1.54, 1.807) is 36.7 Å². The molecule has 4 rings (SSSR count). The lowest BCUT2D eigenvalue weighted by atomic mass is 10.1. The molecule has 0 unspecified atom stereocenters. The third-order valence-corrected chi connectivity index (χ3v) is 4.74. The van der Waals surface area contributed by atoms with Crippen LogP contribution >= 0.6 is 0 Å². The zero-order chi connectivity index (χ0) is 20.9. The lowest BCUT2D eigenvalue weighted by Gasteiger charge is -2.16. The van der Waals surface area contributed by atoms with Gasteiger partial charge in [0.25, 0.3) is 5.91 Å². The van der Waals surface area contributed by atoms with Crippen LogP contribution in [0.15, 0.2) is 85.3 Å². The Hall–Kier alpha value is -3.93. The fraction of sp³-hybridized carbons (Fsp3) is 0.0833. The summed E-state index contributed by atoms with van der Waals surface area (Å²) in [6.07, 6.45) is 4.85. The summed E-state index contributed by atoms with van der Waals surface area (Å²) in [6.45, 7) is 1.84. The minimum atomic E-state index is -0.317. The van der Waals surface area contributed by atoms with Crippen LogP contribution < -0.4 is 5.32 Å². The predicted molar refractivity (Wildman–Crippen MR) is 113 cm³/mol. The molecule has 0 aliphatic carbocycles. The molecule has 0 fully saturated rings. The minimum Gasteiger partial charge on any atom is -0.345 e. The van der Waals surface area contributed by atoms with Gasteiger partial charge >= 0.3 is 0 Å². The van der Waals surface area contributed by atoms with E-state index < -0.39 is 0 Å². The van der Waals surface area contributed by atoms with Gasteiger partial charge in [0.15, 0.2) is 5.82 Å². The van der Waals surface area contributed by atoms with Gasteiger partial charge in [-0.2, -0.15) is 0 Å². The summed E-state index contributed by atoms with van der Waals surface area (Å²) in [5.41, 5.74) is 3.31. The van der Waals surface area contributed by atoms with Crippen LogP contribution in [0.3, 0.4) is 0 Å². The van der Waals surface area contributed by atoms with E-state index in [9.17, 15) is 9.18 Å². The third-order valence-electron chi connectivity index (χ3n) is 4.74. The normalized spacial score (nSPS) is 11.7. The van der Waals surface area contributed by atoms with Gasteiger partial charge < -0.3 is 5.32 Å². The first-order valence-electron chi connectivity index (χ1n) is 9.51. The van der Waals surface area contributed by atoms with Crippen molar-refractivity contribution in [1.82, 2.24) is 20.3 Å². The number of aromatic nitrogens is 3. The molecule has 0 saturated carbocycles. The standard InChI is InChI=1S/C24H19FN4O/c1-16(17-7-9-20(25)10-8-17)28-24(30)21-15-27-23(19-5-3-2-4-6-19)29-22(21)18-11-13-26-14-12-18/h2-16H,1H3,(H,28,30)/t16-/m1/s1. The number of nitrogens with one attached hydrogen (secondary N) is 1. The molecule has 0 radical (unpaired) electrons. The van der Waals surface area contributed by atoms with E-state index in [0.29, 0.717) is 17.1 Å². The zero-order valence-corrected chi connectivity index (χ0v) is 16.3. The molecule has 0 saturated heterocycles. The number of nitrogens with zero attached hydrogens (tertiary/aromatic N) is 3. The summed E-state index contributed by atoms with van der Waals surface area (Å²) in [5, 5.41) is 2.94. The first kappa shape index (κ1) is 19.4. The van der Waals surface area contributed by atoms with Crippen molar-refractivity contribution in [2.24, 2.45) is 0 Å². The Bertz CT molecular complexity index is 1150. The van der Waals surface area contributed by atoms with E-state index >= 15 is 0 Å². The van der Waals surface area contributed by atoms with Gasteiger partial charge in [-0.1, -0.05) is 42.5 Å². The Morgan fingerprint density at radius 2 is 1.63 bits per heavy atom. The summed E-state index contributed by atoms with van der Waals surface area (Å²) in [4.78, 5) is 26.2. The van der Waals surface area contributed by atoms with Crippen molar-refractivity contribution in [3.05, 3.63) is 102 Å². The molecule has 1 N–H and O–H groups in total. The van der Waals surface area contributed by atoms with Gasteiger partial charge in [0, 0.05) is 29.7 Å². The fourth-order valence-electron chi connectivity index (χ4n) is 3.11. The molecule has 6 heteroatoms. The number of carbonyl (C=O) groups excluding carboxylic acids is 1. The lowest BCUT2D eigenvalue weighted by molar-refractivity contribution is 0.0940. The highest BCUT2D eigenvalue weighted by Crippen LogP contribution is 2.25. The Balaban J connectivity index is 1.69. The summed E-state index contributed by atoms with van der Waals surface area (Å²) in [6, 6.07) is 18.9. The van der Waals surface area contributed by atoms with Crippen LogP contribution in [0.4, 0.5) is 4.39 Å². The zero-order valence-electron chi connectivity index (χ0n) is 16.3. The second-order valence-electron chi connectivity index (χ2n) is 6.80. The van der Waals surface area contributed by atoms with E-state index in [1.165, 1.54) is 18.3 Å². The van der Waals surface area contributed by atoms with Crippen LogP contribution in [0.1, 0.15) is 28.9 Å². The van der Waals surface area contributed by atoms with Gasteiger partial charge in [0.2, 0.25) is 0 Å². The molecule has 2 aromatic carbocycles. The summed E-state index contributed by atoms with van der Waals surface area (Å²) >= 11 is 0. The van der Waals surface area contributed by atoms with Crippen LogP contribution in [0.5, 0.6) is 0 Å². The maximum Gasteiger partial charge on any atom is 0.255 e. The average Bonchev–Trinajstić information content (AvgIpc) is 2.80. The van der Waals surface area contributed by atoms with Gasteiger partial charge in [-0.25, -0.2) is 14.4 Å². The van der Waals surface area contributed by atoms with Crippen molar-refractivity contribution in [3.63, 3.8) is 0 Å². The molecule has 0 aliphatic rings. The average molecular weight is 398 g/mol. The van der Waals surface area contributed by atoms with Crippen LogP contribution in [-0.2, 0) is 0 Å². The summed E-state index contributed by atoms with van der Waals surface area (Å²) < 4.78 is 13.2. The van der Waals surface area contributed by atoms with E-state index in [0.717, 1.165) is 16.7 Å². The smallest absolute Gasteiger partial charge is 0.255 e. The van der Waals surface area contributed by atoms with Gasteiger partial charge in [-0.3, -0.25) is 9.78 Å². The SMILES string of the molecule is C[C@@H](NC(=O)c1cnc(-c2ccccc2)nc1-c1ccncc1)c1ccc(F)cc1. The van der Waals surface area contributed by atoms with Crippen molar-refractivity contribution in [1.29, 1.82) is 0 Å². The first-order valence-corrected chi connectivity index (χ1v) is 9.51. The molecule has 2 aromatic heterocycles. The highest BCUT2D eigenvalue weighted by molar-refractivity contribution is 6.00. The number of pyridine rings is 1. The molecule has 2 heterocycles. The fourth-order valence-corrected chi connectivity index (χ4v) is 3.11. The number of benzene rings is 2. The summed E-state index contributed by atoms with van der Waals surface area (Å²) in [7, 11) is 0. The van der Waals surface area contributed by atoms with Crippen LogP contribution in [0, 0.1) is 5.82 Å². The first-order chi connectivity index (χ1) is 14.6. The van der Waals surface area contributed by atoms with Crippen molar-refractivity contribution < 1.29 is 9.18 Å². The van der Waals surface area contributed by atoms with Crippen LogP contribution in [0.2, 0.25) is 0 Å². The molecule has 0 spiro atoms. The molecule has 30 heavy (non-hydrogen) atoms. The van der Waals surface area contributed by atoms with Crippen molar-refractivity contribution in [3.8, 4) is 22.6 Å². The molecule has 5 nitrogen and oxygen atoms in total. The molecule has 0 bridgehead atoms. The highest BCUT2D eigenvalue weighted by atomic mass is 19.1. The molecule has 148 valence electrons. The van der Waals surface area contributed by atoms with Gasteiger partial charge in [0.05, 0.1) is 17.3 Å². The molecule has 1 amide bonds. The second-order valence-corrected chi connectivity index (χ2v) is 6.80. The van der Waals surface area contributed by atoms with Crippen molar-refractivity contribution >= 4 is 5.91 Å². The van der Waals surface area contributed by atoms with Gasteiger partial charge in [-0.05, 0) is 36.8 Å². The third kappa shape index (κ3) is 4.22. The van der Waals surface area contributed by atoms with Gasteiger partial charge in [0.1, 0.15) is 5.82 Å². The quantitative estimate of drug-likeness (QED) is 0.523. The maximum absolute atomic E-state index is 13.2. The van der Waals surface area contributed by atoms with Gasteiger partial charge in [-0.15, -0.1) is 0 Å². The predicted octanol–water partition coefficient (Wildman–Crippen LogP) is 4.84. The second kappa shape index (κ2) is 8.61.